The molecule has 0 amide bonds. The molecule has 0 radical (unpaired) electrons. The van der Waals surface area contributed by atoms with E-state index in [-0.39, 0.29) is 37.3 Å². The first-order valence-electron chi connectivity index (χ1n) is 14.8. The van der Waals surface area contributed by atoms with Crippen molar-refractivity contribution in [3.8, 4) is 0 Å². The highest BCUT2D eigenvalue weighted by molar-refractivity contribution is 14.1. The Hall–Kier alpha value is -1.95. The van der Waals surface area contributed by atoms with Gasteiger partial charge in [0.25, 0.3) is 0 Å². The second-order valence-electron chi connectivity index (χ2n) is 14.6. The number of ether oxygens (including phenoxy) is 1. The zero-order valence-corrected chi connectivity index (χ0v) is 32.1. The van der Waals surface area contributed by atoms with E-state index >= 15 is 8.78 Å². The molecule has 49 heavy (non-hydrogen) atoms. The van der Waals surface area contributed by atoms with Crippen molar-refractivity contribution in [2.45, 2.75) is 115 Å². The first kappa shape index (κ1) is 41.5. The van der Waals surface area contributed by atoms with Crippen LogP contribution in [0.4, 0.5) is 35.1 Å². The number of hydrogen-bond donors (Lipinski definition) is 0. The fourth-order valence-electron chi connectivity index (χ4n) is 4.57. The van der Waals surface area contributed by atoms with Crippen molar-refractivity contribution in [2.75, 3.05) is 0 Å². The lowest BCUT2D eigenvalue weighted by Gasteiger charge is -2.41. The van der Waals surface area contributed by atoms with Crippen molar-refractivity contribution in [1.82, 2.24) is 0 Å². The molecule has 0 fully saturated rings. The fourth-order valence-corrected chi connectivity index (χ4v) is 9.74. The van der Waals surface area contributed by atoms with Crippen LogP contribution in [0.15, 0.2) is 87.5 Å². The summed E-state index contributed by atoms with van der Waals surface area (Å²) < 4.78 is 145. The van der Waals surface area contributed by atoms with Gasteiger partial charge in [-0.2, -0.15) is 43.5 Å². The fraction of sp³-hybridized carbons (Fsp3) is 0.471. The molecule has 0 bridgehead atoms. The molecule has 0 aliphatic carbocycles. The average Bonchev–Trinajstić information content (AvgIpc) is 2.93. The Labute approximate surface area is 297 Å². The molecule has 0 aliphatic rings. The maximum atomic E-state index is 15.5. The molecule has 0 aliphatic heterocycles. The lowest BCUT2D eigenvalue weighted by Crippen LogP contribution is -2.55. The maximum Gasteiger partial charge on any atom is 0.461 e. The number of halogens is 9. The smallest absolute Gasteiger partial charge is 0.244 e. The summed E-state index contributed by atoms with van der Waals surface area (Å²) >= 11 is -0.285. The van der Waals surface area contributed by atoms with Gasteiger partial charge in [0.1, 0.15) is 0 Å². The van der Waals surface area contributed by atoms with Gasteiger partial charge in [-0.15, -0.1) is 0 Å². The summed E-state index contributed by atoms with van der Waals surface area (Å²) in [5.74, 6) is 0. The van der Waals surface area contributed by atoms with Gasteiger partial charge in [0.05, 0.1) is 0 Å². The molecule has 0 aromatic heterocycles. The molecule has 0 unspecified atom stereocenters. The third-order valence-electron chi connectivity index (χ3n) is 7.59. The SMILES string of the molecule is CC(C)(C)c1ccc(S(OS(=O)(=O)C(F)(F)C(F)(F)OC(F)(F)C(F)(F)I)(c2ccc(C(C)(C)C)cc2)c2ccc(C(C)(C)C)cc2)cc1. The molecule has 15 heteroatoms. The second-order valence-corrected chi connectivity index (χ2v) is 20.4. The predicted molar refractivity (Wildman–Crippen MR) is 183 cm³/mol. The van der Waals surface area contributed by atoms with Crippen LogP contribution in [0, 0.1) is 0 Å². The van der Waals surface area contributed by atoms with E-state index in [0.717, 1.165) is 16.7 Å². The van der Waals surface area contributed by atoms with E-state index in [1.165, 1.54) is 36.4 Å². The van der Waals surface area contributed by atoms with E-state index in [2.05, 4.69) is 4.74 Å². The minimum atomic E-state index is -7.01. The Balaban J connectivity index is 2.44. The van der Waals surface area contributed by atoms with Crippen molar-refractivity contribution in [1.29, 1.82) is 0 Å². The van der Waals surface area contributed by atoms with Crippen LogP contribution in [-0.2, 0) is 34.7 Å². The minimum Gasteiger partial charge on any atom is -0.244 e. The highest BCUT2D eigenvalue weighted by Gasteiger charge is 2.75. The normalized spacial score (nSPS) is 15.0. The Morgan fingerprint density at radius 2 is 0.755 bits per heavy atom. The van der Waals surface area contributed by atoms with E-state index < -0.39 is 58.1 Å². The molecule has 0 saturated heterocycles. The number of rotatable bonds is 10. The summed E-state index contributed by atoms with van der Waals surface area (Å²) in [5.41, 5.74) is 0.946. The van der Waals surface area contributed by atoms with Crippen molar-refractivity contribution in [3.63, 3.8) is 0 Å². The Morgan fingerprint density at radius 1 is 0.490 bits per heavy atom. The predicted octanol–water partition coefficient (Wildman–Crippen LogP) is 11.9. The van der Waals surface area contributed by atoms with Gasteiger partial charge in [0.2, 0.25) is 0 Å². The van der Waals surface area contributed by atoms with Gasteiger partial charge < -0.3 is 0 Å². The lowest BCUT2D eigenvalue weighted by atomic mass is 9.87. The summed E-state index contributed by atoms with van der Waals surface area (Å²) in [6.07, 6.45) is -12.9. The molecule has 3 rings (SSSR count). The first-order chi connectivity index (χ1) is 21.8. The molecule has 0 spiro atoms. The summed E-state index contributed by atoms with van der Waals surface area (Å²) in [6.45, 7) is 17.0. The third kappa shape index (κ3) is 8.41. The zero-order valence-electron chi connectivity index (χ0n) is 28.3. The standard InChI is InChI=1S/C34H39F8IO4S2/c1-28(2,3)22-10-16-25(17-11-22)48(26-18-12-23(13-19-26)29(4,5)6,27-20-14-24(15-21-27)30(7,8)9)47-49(44,45)34(41,42)33(39,40)46-32(37,38)31(35,36)43/h10-21H,1-9H3. The van der Waals surface area contributed by atoms with E-state index in [9.17, 15) is 34.8 Å². The molecule has 3 aromatic carbocycles. The number of benzene rings is 3. The van der Waals surface area contributed by atoms with Crippen LogP contribution in [0.3, 0.4) is 0 Å². The average molecular weight is 855 g/mol. The zero-order chi connectivity index (χ0) is 37.9. The van der Waals surface area contributed by atoms with Crippen molar-refractivity contribution < 1.29 is 51.9 Å². The topological polar surface area (TPSA) is 52.6 Å². The van der Waals surface area contributed by atoms with Gasteiger partial charge in [0.15, 0.2) is 0 Å². The van der Waals surface area contributed by atoms with Gasteiger partial charge in [-0.25, -0.2) is 8.37 Å². The molecule has 0 N–H and O–H groups in total. The monoisotopic (exact) mass is 854 g/mol. The van der Waals surface area contributed by atoms with Gasteiger partial charge in [-0.1, -0.05) is 98.7 Å². The second kappa shape index (κ2) is 13.2. The Kier molecular flexibility index (Phi) is 11.2. The number of alkyl halides is 9. The molecule has 0 heterocycles. The molecular formula is C34H39F8IO4S2. The summed E-state index contributed by atoms with van der Waals surface area (Å²) in [6, 6.07) is 18.1. The van der Waals surface area contributed by atoms with Crippen LogP contribution >= 0.6 is 32.9 Å². The largest absolute Gasteiger partial charge is 0.461 e. The summed E-state index contributed by atoms with van der Waals surface area (Å²) in [4.78, 5) is -0.0826. The summed E-state index contributed by atoms with van der Waals surface area (Å²) in [7, 11) is -11.0. The number of hydrogen-bond acceptors (Lipinski definition) is 4. The van der Waals surface area contributed by atoms with Crippen molar-refractivity contribution >= 4 is 43.0 Å². The van der Waals surface area contributed by atoms with E-state index in [0.29, 0.717) is 0 Å². The third-order valence-corrected chi connectivity index (χ3v) is 13.4. The summed E-state index contributed by atoms with van der Waals surface area (Å²) in [5, 5.41) is -6.59. The van der Waals surface area contributed by atoms with Gasteiger partial charge >= 0.3 is 31.5 Å². The van der Waals surface area contributed by atoms with Crippen LogP contribution in [0.25, 0.3) is 0 Å². The van der Waals surface area contributed by atoms with Gasteiger partial charge in [-0.05, 0) is 79.6 Å². The van der Waals surface area contributed by atoms with E-state index in [1.807, 2.05) is 62.3 Å². The van der Waals surface area contributed by atoms with E-state index in [4.69, 9.17) is 3.63 Å². The molecule has 0 saturated carbocycles. The molecule has 274 valence electrons. The first-order valence-corrected chi connectivity index (χ1v) is 18.9. The Morgan fingerprint density at radius 3 is 0.980 bits per heavy atom. The van der Waals surface area contributed by atoms with Gasteiger partial charge in [-0.3, -0.25) is 0 Å². The lowest BCUT2D eigenvalue weighted by molar-refractivity contribution is -0.438. The van der Waals surface area contributed by atoms with Crippen LogP contribution in [0.1, 0.15) is 79.0 Å². The molecule has 4 nitrogen and oxygen atoms in total. The Bertz CT molecular complexity index is 1580. The van der Waals surface area contributed by atoms with Crippen molar-refractivity contribution in [2.24, 2.45) is 0 Å². The highest BCUT2D eigenvalue weighted by Crippen LogP contribution is 2.71. The van der Waals surface area contributed by atoms with E-state index in [1.54, 1.807) is 36.4 Å². The van der Waals surface area contributed by atoms with Crippen LogP contribution < -0.4 is 0 Å². The van der Waals surface area contributed by atoms with Crippen molar-refractivity contribution in [3.05, 3.63) is 89.5 Å². The molecule has 0 atom stereocenters. The van der Waals surface area contributed by atoms with Crippen LogP contribution in [0.2, 0.25) is 0 Å². The molecule has 3 aromatic rings. The van der Waals surface area contributed by atoms with Gasteiger partial charge in [0, 0.05) is 37.3 Å². The molecular weight excluding hydrogens is 815 g/mol. The van der Waals surface area contributed by atoms with Crippen LogP contribution in [0.5, 0.6) is 0 Å². The quantitative estimate of drug-likeness (QED) is 0.116. The highest BCUT2D eigenvalue weighted by atomic mass is 127. The maximum absolute atomic E-state index is 15.5. The van der Waals surface area contributed by atoms with Crippen LogP contribution in [-0.4, -0.2) is 29.8 Å². The minimum absolute atomic E-state index is 0.0275.